The summed E-state index contributed by atoms with van der Waals surface area (Å²) in [5, 5.41) is 2.08. The number of morpholine rings is 1. The van der Waals surface area contributed by atoms with Gasteiger partial charge in [-0.05, 0) is 44.5 Å². The van der Waals surface area contributed by atoms with Gasteiger partial charge in [-0.25, -0.2) is 13.4 Å². The van der Waals surface area contributed by atoms with Crippen LogP contribution in [0.1, 0.15) is 40.0 Å². The van der Waals surface area contributed by atoms with E-state index in [1.165, 1.54) is 0 Å². The number of hydrogen-bond donors (Lipinski definition) is 0. The lowest BCUT2D eigenvalue weighted by atomic mass is 10.1. The summed E-state index contributed by atoms with van der Waals surface area (Å²) in [5.74, 6) is 0. The summed E-state index contributed by atoms with van der Waals surface area (Å²) >= 11 is 1.59. The highest BCUT2D eigenvalue weighted by atomic mass is 32.2. The first-order chi connectivity index (χ1) is 16.4. The molecule has 0 bridgehead atoms. The Morgan fingerprint density at radius 1 is 1.03 bits per heavy atom. The van der Waals surface area contributed by atoms with Crippen LogP contribution < -0.4 is 4.80 Å². The first-order valence-corrected chi connectivity index (χ1v) is 14.2. The molecule has 0 N–H and O–H groups in total. The second kappa shape index (κ2) is 11.0. The van der Waals surface area contributed by atoms with Gasteiger partial charge < -0.3 is 9.30 Å². The topological polar surface area (TPSA) is 63.9 Å². The molecule has 2 heterocycles. The zero-order valence-electron chi connectivity index (χ0n) is 20.1. The maximum atomic E-state index is 13.5. The Balaban J connectivity index is 1.72. The molecule has 3 aromatic rings. The minimum atomic E-state index is -3.61. The van der Waals surface area contributed by atoms with E-state index in [0.29, 0.717) is 18.0 Å². The molecule has 0 amide bonds. The van der Waals surface area contributed by atoms with E-state index in [9.17, 15) is 8.42 Å². The van der Waals surface area contributed by atoms with E-state index in [4.69, 9.17) is 9.73 Å². The third kappa shape index (κ3) is 5.68. The molecule has 2 atom stereocenters. The van der Waals surface area contributed by atoms with E-state index in [1.807, 2.05) is 56.3 Å². The molecule has 1 fully saturated rings. The lowest BCUT2D eigenvalue weighted by Crippen LogP contribution is -2.48. The van der Waals surface area contributed by atoms with Crippen molar-refractivity contribution >= 4 is 27.0 Å². The second-order valence-corrected chi connectivity index (χ2v) is 11.6. The molecule has 0 spiro atoms. The van der Waals surface area contributed by atoms with E-state index in [1.54, 1.807) is 27.8 Å². The highest BCUT2D eigenvalue weighted by molar-refractivity contribution is 7.89. The predicted molar refractivity (Wildman–Crippen MR) is 138 cm³/mol. The number of sulfonamides is 1. The normalized spacial score (nSPS) is 20.0. The van der Waals surface area contributed by atoms with Crippen molar-refractivity contribution in [1.82, 2.24) is 8.87 Å². The molecule has 1 aromatic heterocycles. The van der Waals surface area contributed by atoms with Crippen LogP contribution in [0.4, 0.5) is 5.69 Å². The number of ether oxygens (including phenoxy) is 1. The highest BCUT2D eigenvalue weighted by Crippen LogP contribution is 2.27. The Hall–Kier alpha value is -2.26. The monoisotopic (exact) mass is 499 g/mol. The Labute approximate surface area is 206 Å². The third-order valence-electron chi connectivity index (χ3n) is 5.92. The molecular formula is C26H33N3O3S2. The number of para-hydroxylation sites is 1. The fraction of sp³-hybridized carbons (Fsp3) is 0.423. The van der Waals surface area contributed by atoms with E-state index in [0.717, 1.165) is 47.6 Å². The second-order valence-electron chi connectivity index (χ2n) is 8.82. The molecule has 1 aliphatic heterocycles. The first kappa shape index (κ1) is 24.9. The molecular weight excluding hydrogens is 466 g/mol. The zero-order chi connectivity index (χ0) is 24.1. The summed E-state index contributed by atoms with van der Waals surface area (Å²) in [5.41, 5.74) is 2.79. The van der Waals surface area contributed by atoms with Gasteiger partial charge >= 0.3 is 0 Å². The smallest absolute Gasteiger partial charge is 0.243 e. The molecule has 4 rings (SSSR count). The van der Waals surface area contributed by atoms with Gasteiger partial charge in [0.05, 0.1) is 28.5 Å². The zero-order valence-corrected chi connectivity index (χ0v) is 21.7. The number of unbranched alkanes of at least 4 members (excludes halogenated alkanes) is 2. The molecule has 34 heavy (non-hydrogen) atoms. The lowest BCUT2D eigenvalue weighted by molar-refractivity contribution is -0.0440. The van der Waals surface area contributed by atoms with Crippen molar-refractivity contribution in [3.63, 3.8) is 0 Å². The number of nitrogens with zero attached hydrogens (tertiary/aromatic N) is 3. The van der Waals surface area contributed by atoms with E-state index in [-0.39, 0.29) is 12.2 Å². The molecule has 0 unspecified atom stereocenters. The van der Waals surface area contributed by atoms with Gasteiger partial charge in [0.25, 0.3) is 0 Å². The number of rotatable bonds is 8. The van der Waals surface area contributed by atoms with Crippen molar-refractivity contribution < 1.29 is 13.2 Å². The van der Waals surface area contributed by atoms with Crippen molar-refractivity contribution in [1.29, 1.82) is 0 Å². The van der Waals surface area contributed by atoms with Crippen molar-refractivity contribution in [3.05, 3.63) is 64.8 Å². The largest absolute Gasteiger partial charge is 0.373 e. The van der Waals surface area contributed by atoms with Crippen LogP contribution >= 0.6 is 11.3 Å². The average molecular weight is 500 g/mol. The average Bonchev–Trinajstić information content (AvgIpc) is 3.21. The fourth-order valence-electron chi connectivity index (χ4n) is 4.29. The van der Waals surface area contributed by atoms with Crippen LogP contribution in [-0.4, -0.2) is 42.6 Å². The van der Waals surface area contributed by atoms with Gasteiger partial charge in [0.2, 0.25) is 10.0 Å². The summed E-state index contributed by atoms with van der Waals surface area (Å²) in [6, 6.07) is 17.2. The number of thiazole rings is 1. The van der Waals surface area contributed by atoms with Crippen LogP contribution in [0.2, 0.25) is 0 Å². The van der Waals surface area contributed by atoms with Gasteiger partial charge in [-0.3, -0.25) is 0 Å². The van der Waals surface area contributed by atoms with Crippen LogP contribution in [0.5, 0.6) is 0 Å². The van der Waals surface area contributed by atoms with Gasteiger partial charge in [-0.1, -0.05) is 50.1 Å². The molecule has 1 aliphatic rings. The number of aromatic nitrogens is 1. The molecule has 182 valence electrons. The van der Waals surface area contributed by atoms with Gasteiger partial charge in [-0.15, -0.1) is 11.3 Å². The lowest BCUT2D eigenvalue weighted by Gasteiger charge is -2.34. The van der Waals surface area contributed by atoms with Crippen molar-refractivity contribution in [2.24, 2.45) is 4.99 Å². The minimum absolute atomic E-state index is 0.124. The Bertz CT molecular complexity index is 1260. The van der Waals surface area contributed by atoms with Crippen LogP contribution in [0.3, 0.4) is 0 Å². The summed E-state index contributed by atoms with van der Waals surface area (Å²) < 4.78 is 36.4. The minimum Gasteiger partial charge on any atom is -0.373 e. The molecule has 0 saturated carbocycles. The van der Waals surface area contributed by atoms with Crippen molar-refractivity contribution in [2.75, 3.05) is 13.1 Å². The maximum Gasteiger partial charge on any atom is 0.243 e. The number of hydrogen-bond acceptors (Lipinski definition) is 5. The van der Waals surface area contributed by atoms with E-state index < -0.39 is 10.0 Å². The summed E-state index contributed by atoms with van der Waals surface area (Å²) in [6.07, 6.45) is 3.07. The SMILES string of the molecule is CCCCCn1c(-c2cccc(S(=O)(=O)N3C[C@H](C)O[C@@H](C)C3)c2)csc1=Nc1ccccc1. The Morgan fingerprint density at radius 3 is 2.47 bits per heavy atom. The number of benzene rings is 2. The maximum absolute atomic E-state index is 13.5. The summed E-state index contributed by atoms with van der Waals surface area (Å²) in [7, 11) is -3.61. The van der Waals surface area contributed by atoms with E-state index in [2.05, 4.69) is 16.9 Å². The van der Waals surface area contributed by atoms with Gasteiger partial charge in [0.1, 0.15) is 0 Å². The first-order valence-electron chi connectivity index (χ1n) is 11.9. The molecule has 1 saturated heterocycles. The molecule has 6 nitrogen and oxygen atoms in total. The fourth-order valence-corrected chi connectivity index (χ4v) is 6.88. The van der Waals surface area contributed by atoms with Crippen molar-refractivity contribution in [3.8, 4) is 11.3 Å². The molecule has 2 aromatic carbocycles. The van der Waals surface area contributed by atoms with Crippen LogP contribution in [-0.2, 0) is 21.3 Å². The Morgan fingerprint density at radius 2 is 1.76 bits per heavy atom. The molecule has 0 radical (unpaired) electrons. The quantitative estimate of drug-likeness (QED) is 0.388. The standard InChI is InChI=1S/C26H33N3O3S2/c1-4-5-9-15-29-25(19-33-26(29)27-23-12-7-6-8-13-23)22-11-10-14-24(16-22)34(30,31)28-17-20(2)32-21(3)18-28/h6-8,10-14,16,19-21H,4-5,9,15,17-18H2,1-3H3/t20-,21-/m0/s1. The van der Waals surface area contributed by atoms with Crippen LogP contribution in [0.25, 0.3) is 11.3 Å². The molecule has 8 heteroatoms. The predicted octanol–water partition coefficient (Wildman–Crippen LogP) is 5.44. The highest BCUT2D eigenvalue weighted by Gasteiger charge is 2.32. The van der Waals surface area contributed by atoms with Gasteiger partial charge in [-0.2, -0.15) is 4.31 Å². The molecule has 0 aliphatic carbocycles. The van der Waals surface area contributed by atoms with Crippen LogP contribution in [0, 0.1) is 0 Å². The summed E-state index contributed by atoms with van der Waals surface area (Å²) in [6.45, 7) is 7.59. The van der Waals surface area contributed by atoms with Gasteiger partial charge in [0, 0.05) is 30.6 Å². The van der Waals surface area contributed by atoms with Crippen molar-refractivity contribution in [2.45, 2.75) is 63.7 Å². The van der Waals surface area contributed by atoms with Gasteiger partial charge in [0.15, 0.2) is 4.80 Å². The van der Waals surface area contributed by atoms with Crippen LogP contribution in [0.15, 0.2) is 69.9 Å². The third-order valence-corrected chi connectivity index (χ3v) is 8.61. The van der Waals surface area contributed by atoms with E-state index >= 15 is 0 Å². The summed E-state index contributed by atoms with van der Waals surface area (Å²) in [4.78, 5) is 6.10. The Kier molecular flexibility index (Phi) is 8.03.